The lowest BCUT2D eigenvalue weighted by Crippen LogP contribution is -2.15. The highest BCUT2D eigenvalue weighted by molar-refractivity contribution is 6.15. The van der Waals surface area contributed by atoms with Crippen LogP contribution in [0.5, 0.6) is 0 Å². The standard InChI is InChI=1S/C63H35F6N5/c64-62(65,66)49-20-13-21-50(63(67,68)69)61(49)48-35-60(74-56-27-12-6-19-45(56)47-31-29-39(34-58(47)74)72-53-24-9-3-16-42(53)43-17-4-10-25-54(43)72)59(32-37(48)36-70)73-55-26-11-5-18-44(55)46-30-28-38(33-57(46)73)71-51-22-7-1-14-40(51)41-15-2-8-23-52(41)71/h1-35H. The Kier molecular flexibility index (Phi) is 9.20. The van der Waals surface area contributed by atoms with Gasteiger partial charge in [0.1, 0.15) is 0 Å². The number of rotatable bonds is 5. The predicted molar refractivity (Wildman–Crippen MR) is 284 cm³/mol. The van der Waals surface area contributed by atoms with E-state index < -0.39 is 34.6 Å². The first kappa shape index (κ1) is 43.3. The fourth-order valence-corrected chi connectivity index (χ4v) is 11.7. The smallest absolute Gasteiger partial charge is 0.309 e. The van der Waals surface area contributed by atoms with Gasteiger partial charge < -0.3 is 18.3 Å². The average molecular weight is 976 g/mol. The molecule has 0 N–H and O–H groups in total. The SMILES string of the molecule is N#Cc1cc(-n2c3ccccc3c3ccc(-n4c5ccccc5c5ccccc54)cc32)c(-n2c3ccccc3c3ccc(-n4c5ccccc5c5ccccc54)cc32)cc1-c1c(C(F)(F)F)cccc1C(F)(F)F. The Bertz CT molecular complexity index is 4590. The molecule has 0 atom stereocenters. The second kappa shape index (κ2) is 15.7. The molecule has 0 saturated carbocycles. The van der Waals surface area contributed by atoms with E-state index in [4.69, 9.17) is 0 Å². The molecule has 10 aromatic carbocycles. The van der Waals surface area contributed by atoms with Gasteiger partial charge in [-0.15, -0.1) is 0 Å². The van der Waals surface area contributed by atoms with Crippen molar-refractivity contribution in [1.82, 2.24) is 18.3 Å². The lowest BCUT2D eigenvalue weighted by molar-refractivity contribution is -0.142. The lowest BCUT2D eigenvalue weighted by atomic mass is 9.89. The molecule has 4 heterocycles. The summed E-state index contributed by atoms with van der Waals surface area (Å²) in [6.07, 6.45) is -10.4. The summed E-state index contributed by atoms with van der Waals surface area (Å²) in [6, 6.07) is 66.9. The normalized spacial score (nSPS) is 12.4. The van der Waals surface area contributed by atoms with Crippen LogP contribution in [0.3, 0.4) is 0 Å². The summed E-state index contributed by atoms with van der Waals surface area (Å²) < 4.78 is 99.9. The Morgan fingerprint density at radius 3 is 0.959 bits per heavy atom. The molecule has 0 fully saturated rings. The van der Waals surface area contributed by atoms with Gasteiger partial charge in [0.2, 0.25) is 0 Å². The van der Waals surface area contributed by atoms with Crippen molar-refractivity contribution in [3.8, 4) is 39.9 Å². The van der Waals surface area contributed by atoms with Crippen LogP contribution < -0.4 is 0 Å². The van der Waals surface area contributed by atoms with Crippen molar-refractivity contribution in [2.24, 2.45) is 0 Å². The number of fused-ring (bicyclic) bond motifs is 12. The molecular weight excluding hydrogens is 941 g/mol. The van der Waals surface area contributed by atoms with Crippen LogP contribution in [0.25, 0.3) is 121 Å². The predicted octanol–water partition coefficient (Wildman–Crippen LogP) is 17.7. The maximum absolute atomic E-state index is 15.3. The zero-order chi connectivity index (χ0) is 50.2. The summed E-state index contributed by atoms with van der Waals surface area (Å²) in [7, 11) is 0. The molecule has 354 valence electrons. The maximum atomic E-state index is 15.3. The molecular formula is C63H35F6N5. The van der Waals surface area contributed by atoms with E-state index in [1.165, 1.54) is 12.1 Å². The van der Waals surface area contributed by atoms with Crippen LogP contribution in [0.2, 0.25) is 0 Å². The molecule has 14 rings (SSSR count). The Morgan fingerprint density at radius 1 is 0.311 bits per heavy atom. The second-order valence-corrected chi connectivity index (χ2v) is 18.6. The Morgan fingerprint density at radius 2 is 0.622 bits per heavy atom. The monoisotopic (exact) mass is 975 g/mol. The molecule has 0 unspecified atom stereocenters. The van der Waals surface area contributed by atoms with Crippen molar-refractivity contribution < 1.29 is 26.3 Å². The van der Waals surface area contributed by atoms with Crippen molar-refractivity contribution in [2.75, 3.05) is 0 Å². The van der Waals surface area contributed by atoms with Crippen LogP contribution in [-0.2, 0) is 12.4 Å². The second-order valence-electron chi connectivity index (χ2n) is 18.6. The molecule has 0 saturated heterocycles. The molecule has 0 bridgehead atoms. The minimum atomic E-state index is -5.22. The third-order valence-corrected chi connectivity index (χ3v) is 14.7. The van der Waals surface area contributed by atoms with Crippen LogP contribution in [0.1, 0.15) is 16.7 Å². The Labute approximate surface area is 416 Å². The van der Waals surface area contributed by atoms with Crippen molar-refractivity contribution in [2.45, 2.75) is 12.4 Å². The van der Waals surface area contributed by atoms with Crippen LogP contribution in [0, 0.1) is 11.3 Å². The van der Waals surface area contributed by atoms with Gasteiger partial charge >= 0.3 is 12.4 Å². The highest BCUT2D eigenvalue weighted by atomic mass is 19.4. The van der Waals surface area contributed by atoms with Crippen LogP contribution in [0.15, 0.2) is 212 Å². The molecule has 5 nitrogen and oxygen atoms in total. The zero-order valence-electron chi connectivity index (χ0n) is 38.7. The van der Waals surface area contributed by atoms with Gasteiger partial charge in [-0.05, 0) is 84.9 Å². The van der Waals surface area contributed by atoms with Crippen molar-refractivity contribution >= 4 is 87.2 Å². The fraction of sp³-hybridized carbons (Fsp3) is 0.0317. The third-order valence-electron chi connectivity index (χ3n) is 14.7. The molecule has 74 heavy (non-hydrogen) atoms. The summed E-state index contributed by atoms with van der Waals surface area (Å²) in [4.78, 5) is 0. The first-order chi connectivity index (χ1) is 36.0. The third kappa shape index (κ3) is 6.24. The lowest BCUT2D eigenvalue weighted by Gasteiger charge is -2.23. The molecule has 14 aromatic rings. The van der Waals surface area contributed by atoms with E-state index in [2.05, 4.69) is 63.7 Å². The fourth-order valence-electron chi connectivity index (χ4n) is 11.7. The number of para-hydroxylation sites is 6. The molecule has 0 aliphatic carbocycles. The van der Waals surface area contributed by atoms with Gasteiger partial charge in [-0.3, -0.25) is 0 Å². The topological polar surface area (TPSA) is 43.5 Å². The van der Waals surface area contributed by atoms with E-state index >= 15 is 26.3 Å². The number of nitriles is 1. The van der Waals surface area contributed by atoms with Crippen molar-refractivity contribution in [3.63, 3.8) is 0 Å². The van der Waals surface area contributed by atoms with E-state index in [0.717, 1.165) is 82.6 Å². The first-order valence-electron chi connectivity index (χ1n) is 23.9. The number of hydrogen-bond donors (Lipinski definition) is 0. The molecule has 0 aliphatic rings. The molecule has 0 radical (unpaired) electrons. The number of alkyl halides is 6. The van der Waals surface area contributed by atoms with Gasteiger partial charge in [0, 0.05) is 65.6 Å². The number of nitrogens with zero attached hydrogens (tertiary/aromatic N) is 5. The summed E-state index contributed by atoms with van der Waals surface area (Å²) in [5.41, 5.74) is 3.71. The van der Waals surface area contributed by atoms with Gasteiger partial charge in [-0.25, -0.2) is 0 Å². The average Bonchev–Trinajstić information content (AvgIpc) is 4.14. The van der Waals surface area contributed by atoms with Crippen molar-refractivity contribution in [3.05, 3.63) is 229 Å². The Balaban J connectivity index is 1.15. The van der Waals surface area contributed by atoms with E-state index in [9.17, 15) is 5.26 Å². The van der Waals surface area contributed by atoms with E-state index in [0.29, 0.717) is 39.9 Å². The minimum absolute atomic E-state index is 0.250. The molecule has 4 aromatic heterocycles. The highest BCUT2D eigenvalue weighted by Crippen LogP contribution is 2.49. The number of halogens is 6. The van der Waals surface area contributed by atoms with Crippen LogP contribution in [-0.4, -0.2) is 18.3 Å². The Hall–Kier alpha value is -9.53. The van der Waals surface area contributed by atoms with Gasteiger partial charge in [-0.1, -0.05) is 127 Å². The molecule has 0 aliphatic heterocycles. The summed E-state index contributed by atoms with van der Waals surface area (Å²) in [5.74, 6) is 0. The van der Waals surface area contributed by atoms with E-state index in [1.807, 2.05) is 143 Å². The van der Waals surface area contributed by atoms with E-state index in [-0.39, 0.29) is 11.3 Å². The maximum Gasteiger partial charge on any atom is 0.417 e. The number of benzene rings is 10. The van der Waals surface area contributed by atoms with Crippen LogP contribution >= 0.6 is 0 Å². The molecule has 0 spiro atoms. The van der Waals surface area contributed by atoms with Crippen LogP contribution in [0.4, 0.5) is 26.3 Å². The van der Waals surface area contributed by atoms with Gasteiger partial charge in [0.25, 0.3) is 0 Å². The van der Waals surface area contributed by atoms with Gasteiger partial charge in [-0.2, -0.15) is 31.6 Å². The van der Waals surface area contributed by atoms with Crippen molar-refractivity contribution in [1.29, 1.82) is 5.26 Å². The molecule has 0 amide bonds. The largest absolute Gasteiger partial charge is 0.417 e. The quantitative estimate of drug-likeness (QED) is 0.159. The highest BCUT2D eigenvalue weighted by Gasteiger charge is 2.42. The summed E-state index contributed by atoms with van der Waals surface area (Å²) >= 11 is 0. The summed E-state index contributed by atoms with van der Waals surface area (Å²) in [5, 5.41) is 18.6. The minimum Gasteiger partial charge on any atom is -0.309 e. The zero-order valence-corrected chi connectivity index (χ0v) is 38.7. The van der Waals surface area contributed by atoms with E-state index in [1.54, 1.807) is 0 Å². The molecule has 11 heteroatoms. The van der Waals surface area contributed by atoms with Gasteiger partial charge in [0.15, 0.2) is 0 Å². The number of hydrogen-bond acceptors (Lipinski definition) is 1. The number of aromatic nitrogens is 4. The first-order valence-corrected chi connectivity index (χ1v) is 23.9. The summed E-state index contributed by atoms with van der Waals surface area (Å²) in [6.45, 7) is 0. The van der Waals surface area contributed by atoms with Gasteiger partial charge in [0.05, 0.1) is 78.3 Å².